The molecule has 10 nitrogen and oxygen atoms in total. The fraction of sp³-hybridized carbons (Fsp3) is 0.938. The molecule has 4 unspecified atom stereocenters. The highest BCUT2D eigenvalue weighted by atomic mass is 33.1. The molecule has 92 heavy (non-hydrogen) atoms. The summed E-state index contributed by atoms with van der Waals surface area (Å²) in [6.07, 6.45) is 71.0. The van der Waals surface area contributed by atoms with E-state index in [1.807, 2.05) is 21.6 Å². The first-order valence-corrected chi connectivity index (χ1v) is 43.0. The van der Waals surface area contributed by atoms with Crippen LogP contribution in [0, 0.1) is 0 Å². The number of carbonyl (C=O) groups is 1. The van der Waals surface area contributed by atoms with E-state index in [9.17, 15) is 25.2 Å². The topological polar surface area (TPSA) is 120 Å². The Bertz CT molecular complexity index is 1460. The zero-order valence-corrected chi connectivity index (χ0v) is 63.3. The van der Waals surface area contributed by atoms with Gasteiger partial charge >= 0.3 is 5.97 Å². The largest absolute Gasteiger partial charge is 0.464 e. The third kappa shape index (κ3) is 64.0. The van der Waals surface area contributed by atoms with Crippen molar-refractivity contribution in [2.45, 2.75) is 386 Å². The van der Waals surface area contributed by atoms with E-state index in [0.29, 0.717) is 39.2 Å². The van der Waals surface area contributed by atoms with Crippen molar-refractivity contribution in [1.82, 2.24) is 19.6 Å². The van der Waals surface area contributed by atoms with E-state index in [4.69, 9.17) is 4.74 Å². The minimum absolute atomic E-state index is 0.114. The van der Waals surface area contributed by atoms with Gasteiger partial charge in [0.15, 0.2) is 0 Å². The Morgan fingerprint density at radius 3 is 0.978 bits per heavy atom. The Balaban J connectivity index is 2.41. The quantitative estimate of drug-likeness (QED) is 0.0201. The average molecular weight is 1340 g/mol. The van der Waals surface area contributed by atoms with Crippen LogP contribution in [-0.4, -0.2) is 167 Å². The Morgan fingerprint density at radius 2 is 0.641 bits per heavy atom. The zero-order valence-electron chi connectivity index (χ0n) is 61.7. The highest BCUT2D eigenvalue weighted by Crippen LogP contribution is 2.24. The number of nitrogens with zero attached hydrogens (tertiary/aromatic N) is 4. The molecular formula is C80H158N4O6S2. The van der Waals surface area contributed by atoms with Gasteiger partial charge in [0.25, 0.3) is 0 Å². The number of hydrogen-bond acceptors (Lipinski definition) is 12. The van der Waals surface area contributed by atoms with Crippen LogP contribution in [0.4, 0.5) is 0 Å². The van der Waals surface area contributed by atoms with Crippen molar-refractivity contribution in [2.75, 3.05) is 96.6 Å². The molecule has 0 bridgehead atoms. The first kappa shape index (κ1) is 89.3. The SMILES string of the molecule is CCCCCCCC/C=C\CCCCCCC(O)CN(CCCSSCCN1CCN(CCOC(=O)CCCCN(CC(O)CCCCCCCCCCCC)CC(O)CCCCCCCCCCCC)CC1)CC(O)CCCCCC/C=C\CCCCCCCC. The van der Waals surface area contributed by atoms with Crippen molar-refractivity contribution in [3.63, 3.8) is 0 Å². The van der Waals surface area contributed by atoms with Crippen LogP contribution in [0.1, 0.15) is 362 Å². The van der Waals surface area contributed by atoms with Crippen LogP contribution in [0.5, 0.6) is 0 Å². The van der Waals surface area contributed by atoms with E-state index in [1.54, 1.807) is 0 Å². The standard InChI is InChI=1S/C80H158N4O6S2/c1-5-9-13-17-21-25-29-31-33-35-39-43-47-51-58-78(87)74-84(75-79(88)59-52-48-44-40-36-34-32-30-26-22-18-14-10-6-2)62-55-70-91-92-71-68-82-65-63-81(64-66-82)67-69-90-80(89)60-53-54-61-83(72-76(85)56-49-45-41-37-27-23-19-15-11-7-3)73-77(86)57-50-46-42-38-28-24-20-16-12-8-4/h31-34,76-79,85-88H,5-30,35-75H2,1-4H3/b33-31-,34-32-. The van der Waals surface area contributed by atoms with Gasteiger partial charge in [0, 0.05) is 83.4 Å². The van der Waals surface area contributed by atoms with E-state index >= 15 is 0 Å². The normalized spacial score (nSPS) is 14.9. The lowest BCUT2D eigenvalue weighted by Crippen LogP contribution is -2.47. The van der Waals surface area contributed by atoms with Gasteiger partial charge in [-0.15, -0.1) is 0 Å². The van der Waals surface area contributed by atoms with Crippen LogP contribution in [0.15, 0.2) is 24.3 Å². The zero-order chi connectivity index (χ0) is 66.5. The van der Waals surface area contributed by atoms with Gasteiger partial charge in [0.05, 0.1) is 24.4 Å². The molecular weight excluding hydrogens is 1180 g/mol. The second-order valence-electron chi connectivity index (χ2n) is 28.5. The predicted octanol–water partition coefficient (Wildman–Crippen LogP) is 21.1. The summed E-state index contributed by atoms with van der Waals surface area (Å²) in [5.41, 5.74) is 0. The fourth-order valence-corrected chi connectivity index (χ4v) is 15.3. The molecule has 0 aromatic rings. The van der Waals surface area contributed by atoms with Gasteiger partial charge in [0.2, 0.25) is 0 Å². The van der Waals surface area contributed by atoms with E-state index in [0.717, 1.165) is 134 Å². The van der Waals surface area contributed by atoms with Crippen molar-refractivity contribution >= 4 is 27.6 Å². The minimum atomic E-state index is -0.379. The molecule has 4 atom stereocenters. The Kier molecular flexibility index (Phi) is 69.5. The van der Waals surface area contributed by atoms with Crippen molar-refractivity contribution < 1.29 is 30.0 Å². The maximum atomic E-state index is 12.9. The number of aliphatic hydroxyl groups is 4. The summed E-state index contributed by atoms with van der Waals surface area (Å²) < 4.78 is 5.75. The van der Waals surface area contributed by atoms with E-state index < -0.39 is 0 Å². The predicted molar refractivity (Wildman–Crippen MR) is 407 cm³/mol. The molecule has 0 aliphatic carbocycles. The van der Waals surface area contributed by atoms with Crippen molar-refractivity contribution in [3.8, 4) is 0 Å². The highest BCUT2D eigenvalue weighted by Gasteiger charge is 2.20. The maximum absolute atomic E-state index is 12.9. The number of ether oxygens (including phenoxy) is 1. The third-order valence-electron chi connectivity index (χ3n) is 19.3. The molecule has 0 aromatic carbocycles. The number of unbranched alkanes of at least 4 members (excludes halogenated alkanes) is 39. The Hall–Kier alpha value is -0.670. The molecule has 1 saturated heterocycles. The van der Waals surface area contributed by atoms with Gasteiger partial charge in [-0.05, 0) is 109 Å². The number of allylic oxidation sites excluding steroid dienone is 4. The van der Waals surface area contributed by atoms with Gasteiger partial charge in [-0.25, -0.2) is 0 Å². The summed E-state index contributed by atoms with van der Waals surface area (Å²) in [4.78, 5) is 22.5. The van der Waals surface area contributed by atoms with Crippen LogP contribution in [-0.2, 0) is 9.53 Å². The molecule has 12 heteroatoms. The first-order valence-electron chi connectivity index (χ1n) is 40.5. The van der Waals surface area contributed by atoms with Crippen LogP contribution in [0.3, 0.4) is 0 Å². The van der Waals surface area contributed by atoms with Crippen LogP contribution in [0.25, 0.3) is 0 Å². The van der Waals surface area contributed by atoms with E-state index in [1.165, 1.54) is 257 Å². The second kappa shape index (κ2) is 71.6. The molecule has 0 aromatic heterocycles. The van der Waals surface area contributed by atoms with Crippen molar-refractivity contribution in [1.29, 1.82) is 0 Å². The number of esters is 1. The third-order valence-corrected chi connectivity index (χ3v) is 21.7. The van der Waals surface area contributed by atoms with Gasteiger partial charge in [-0.2, -0.15) is 0 Å². The van der Waals surface area contributed by atoms with E-state index in [-0.39, 0.29) is 30.4 Å². The molecule has 546 valence electrons. The molecule has 0 amide bonds. The molecule has 1 rings (SSSR count). The Morgan fingerprint density at radius 1 is 0.359 bits per heavy atom. The van der Waals surface area contributed by atoms with Crippen molar-refractivity contribution in [3.05, 3.63) is 24.3 Å². The van der Waals surface area contributed by atoms with Crippen LogP contribution >= 0.6 is 21.6 Å². The van der Waals surface area contributed by atoms with Crippen molar-refractivity contribution in [2.24, 2.45) is 0 Å². The lowest BCUT2D eigenvalue weighted by Gasteiger charge is -2.34. The van der Waals surface area contributed by atoms with E-state index in [2.05, 4.69) is 71.6 Å². The summed E-state index contributed by atoms with van der Waals surface area (Å²) in [5.74, 6) is 2.07. The van der Waals surface area contributed by atoms with Gasteiger partial charge < -0.3 is 25.2 Å². The summed E-state index contributed by atoms with van der Waals surface area (Å²) in [5, 5.41) is 44.6. The Labute approximate surface area is 580 Å². The first-order chi connectivity index (χ1) is 45.2. The number of aliphatic hydroxyl groups excluding tert-OH is 4. The number of rotatable bonds is 74. The summed E-state index contributed by atoms with van der Waals surface area (Å²) in [7, 11) is 3.95. The number of hydrogen-bond donors (Lipinski definition) is 4. The highest BCUT2D eigenvalue weighted by molar-refractivity contribution is 8.76. The lowest BCUT2D eigenvalue weighted by atomic mass is 10.0. The van der Waals surface area contributed by atoms with Crippen LogP contribution in [0.2, 0.25) is 0 Å². The monoisotopic (exact) mass is 1340 g/mol. The maximum Gasteiger partial charge on any atom is 0.305 e. The minimum Gasteiger partial charge on any atom is -0.464 e. The molecule has 1 aliphatic heterocycles. The summed E-state index contributed by atoms with van der Waals surface area (Å²) >= 11 is 0. The smallest absolute Gasteiger partial charge is 0.305 e. The average Bonchev–Trinajstić information content (AvgIpc) is 3.72. The number of piperazine rings is 1. The molecule has 1 aliphatic rings. The molecule has 1 heterocycles. The molecule has 0 spiro atoms. The summed E-state index contributed by atoms with van der Waals surface area (Å²) in [6, 6.07) is 0. The summed E-state index contributed by atoms with van der Waals surface area (Å²) in [6.45, 7) is 19.7. The fourth-order valence-electron chi connectivity index (χ4n) is 13.2. The molecule has 0 radical (unpaired) electrons. The van der Waals surface area contributed by atoms with Gasteiger partial charge in [-0.1, -0.05) is 305 Å². The molecule has 1 fully saturated rings. The van der Waals surface area contributed by atoms with Gasteiger partial charge in [-0.3, -0.25) is 24.4 Å². The number of carbonyl (C=O) groups excluding carboxylic acids is 1. The van der Waals surface area contributed by atoms with Gasteiger partial charge in [0.1, 0.15) is 6.61 Å². The molecule has 4 N–H and O–H groups in total. The second-order valence-corrected chi connectivity index (χ2v) is 31.2. The lowest BCUT2D eigenvalue weighted by molar-refractivity contribution is -0.144. The van der Waals surface area contributed by atoms with Crippen LogP contribution < -0.4 is 0 Å². The molecule has 0 saturated carbocycles.